The fourth-order valence-corrected chi connectivity index (χ4v) is 6.57. The molecule has 0 spiro atoms. The molecule has 4 rings (SSSR count). The Morgan fingerprint density at radius 2 is 1.76 bits per heavy atom. The van der Waals surface area contributed by atoms with Crippen LogP contribution in [-0.2, 0) is 14.8 Å². The van der Waals surface area contributed by atoms with E-state index < -0.39 is 33.9 Å². The first kappa shape index (κ1) is 38.4. The lowest BCUT2D eigenvalue weighted by atomic mass is 10.0. The van der Waals surface area contributed by atoms with Gasteiger partial charge in [0.2, 0.25) is 0 Å². The van der Waals surface area contributed by atoms with Crippen LogP contribution in [0.5, 0.6) is 11.5 Å². The number of methoxy groups -OCH3 is 1. The standard InChI is InChI=1S/C36H47FN4O8S/c1-24-21-41(25(2)23-42)35(43)32-20-29(39-50(45,46)31-16-9-27(37)10-17-31)13-18-33(32)49-26(3)8-6-7-19-48-34(24)22-40(4)36(44)38-28-11-14-30(47-5)15-12-28/h9-18,20,24-26,34,39,42H,6-8,19,21-23H2,1-5H3,(H,38,44)/t24-,25+,26+,34-/m1/s1. The highest BCUT2D eigenvalue weighted by atomic mass is 32.2. The number of carbonyl (C=O) groups is 2. The zero-order valence-electron chi connectivity index (χ0n) is 29.1. The number of ether oxygens (including phenoxy) is 3. The van der Waals surface area contributed by atoms with E-state index in [2.05, 4.69) is 10.0 Å². The molecule has 1 heterocycles. The van der Waals surface area contributed by atoms with Crippen LogP contribution in [0.25, 0.3) is 0 Å². The Balaban J connectivity index is 1.61. The number of amides is 3. The summed E-state index contributed by atoms with van der Waals surface area (Å²) in [5.74, 6) is -0.411. The maximum Gasteiger partial charge on any atom is 0.321 e. The van der Waals surface area contributed by atoms with Gasteiger partial charge in [-0.2, -0.15) is 0 Å². The lowest BCUT2D eigenvalue weighted by Gasteiger charge is -2.35. The number of halogens is 1. The molecule has 0 bridgehead atoms. The maximum absolute atomic E-state index is 14.4. The predicted molar refractivity (Wildman–Crippen MR) is 189 cm³/mol. The summed E-state index contributed by atoms with van der Waals surface area (Å²) < 4.78 is 59.9. The SMILES string of the molecule is COc1ccc(NC(=O)N(C)C[C@H]2OCCCC[C@H](C)Oc3ccc(NS(=O)(=O)c4ccc(F)cc4)cc3C(=O)N([C@@H](C)CO)C[C@H]2C)cc1. The lowest BCUT2D eigenvalue weighted by Crippen LogP contribution is -2.48. The van der Waals surface area contributed by atoms with Crippen LogP contribution in [-0.4, -0.2) is 94.0 Å². The molecule has 3 amide bonds. The van der Waals surface area contributed by atoms with E-state index in [-0.39, 0.29) is 59.6 Å². The molecule has 3 aromatic rings. The summed E-state index contributed by atoms with van der Waals surface area (Å²) in [6.07, 6.45) is 1.44. The number of fused-ring (bicyclic) bond motifs is 1. The Hall–Kier alpha value is -4.40. The van der Waals surface area contributed by atoms with Crippen molar-refractivity contribution in [1.29, 1.82) is 0 Å². The molecule has 50 heavy (non-hydrogen) atoms. The number of aliphatic hydroxyl groups is 1. The van der Waals surface area contributed by atoms with Gasteiger partial charge in [0.05, 0.1) is 42.4 Å². The van der Waals surface area contributed by atoms with Crippen LogP contribution in [0.3, 0.4) is 0 Å². The van der Waals surface area contributed by atoms with Gasteiger partial charge in [0.25, 0.3) is 15.9 Å². The average molecular weight is 715 g/mol. The van der Waals surface area contributed by atoms with Gasteiger partial charge in [-0.3, -0.25) is 9.52 Å². The summed E-state index contributed by atoms with van der Waals surface area (Å²) in [6, 6.07) is 14.9. The number of hydrogen-bond acceptors (Lipinski definition) is 8. The second kappa shape index (κ2) is 17.5. The summed E-state index contributed by atoms with van der Waals surface area (Å²) in [4.78, 5) is 30.4. The van der Waals surface area contributed by atoms with Gasteiger partial charge in [0.15, 0.2) is 0 Å². The molecule has 1 aliphatic rings. The molecular weight excluding hydrogens is 667 g/mol. The number of carbonyl (C=O) groups excluding carboxylic acids is 2. The van der Waals surface area contributed by atoms with Crippen molar-refractivity contribution in [2.45, 2.75) is 63.2 Å². The number of aliphatic hydroxyl groups excluding tert-OH is 1. The van der Waals surface area contributed by atoms with Crippen molar-refractivity contribution in [2.75, 3.05) is 50.5 Å². The highest BCUT2D eigenvalue weighted by Gasteiger charge is 2.31. The number of nitrogens with zero attached hydrogens (tertiary/aromatic N) is 2. The van der Waals surface area contributed by atoms with Crippen LogP contribution >= 0.6 is 0 Å². The first-order valence-electron chi connectivity index (χ1n) is 16.6. The van der Waals surface area contributed by atoms with Crippen LogP contribution in [0.4, 0.5) is 20.6 Å². The van der Waals surface area contributed by atoms with Crippen LogP contribution in [0, 0.1) is 11.7 Å². The van der Waals surface area contributed by atoms with Crippen molar-refractivity contribution in [1.82, 2.24) is 9.80 Å². The molecule has 4 atom stereocenters. The molecule has 0 saturated carbocycles. The summed E-state index contributed by atoms with van der Waals surface area (Å²) in [5.41, 5.74) is 0.814. The zero-order chi connectivity index (χ0) is 36.4. The average Bonchev–Trinajstić information content (AvgIpc) is 3.09. The van der Waals surface area contributed by atoms with Gasteiger partial charge in [-0.15, -0.1) is 0 Å². The number of rotatable bonds is 9. The Morgan fingerprint density at radius 3 is 2.42 bits per heavy atom. The topological polar surface area (TPSA) is 147 Å². The van der Waals surface area contributed by atoms with Gasteiger partial charge < -0.3 is 34.4 Å². The van der Waals surface area contributed by atoms with E-state index in [1.807, 2.05) is 13.8 Å². The highest BCUT2D eigenvalue weighted by molar-refractivity contribution is 7.92. The molecule has 1 aliphatic heterocycles. The van der Waals surface area contributed by atoms with Gasteiger partial charge in [-0.05, 0) is 99.8 Å². The molecule has 3 N–H and O–H groups in total. The van der Waals surface area contributed by atoms with Crippen LogP contribution in [0.1, 0.15) is 50.4 Å². The fourth-order valence-electron chi connectivity index (χ4n) is 5.52. The van der Waals surface area contributed by atoms with Crippen molar-refractivity contribution in [3.05, 3.63) is 78.1 Å². The molecule has 14 heteroatoms. The zero-order valence-corrected chi connectivity index (χ0v) is 29.9. The third-order valence-electron chi connectivity index (χ3n) is 8.57. The summed E-state index contributed by atoms with van der Waals surface area (Å²) in [7, 11) is -0.872. The molecule has 3 aromatic carbocycles. The van der Waals surface area contributed by atoms with Crippen molar-refractivity contribution in [3.8, 4) is 11.5 Å². The third kappa shape index (κ3) is 10.3. The van der Waals surface area contributed by atoms with E-state index in [1.54, 1.807) is 51.4 Å². The highest BCUT2D eigenvalue weighted by Crippen LogP contribution is 2.30. The van der Waals surface area contributed by atoms with Gasteiger partial charge in [0, 0.05) is 44.0 Å². The molecule has 0 saturated heterocycles. The minimum atomic E-state index is -4.11. The Labute approximate surface area is 293 Å². The lowest BCUT2D eigenvalue weighted by molar-refractivity contribution is -0.0115. The van der Waals surface area contributed by atoms with Crippen molar-refractivity contribution in [3.63, 3.8) is 0 Å². The first-order chi connectivity index (χ1) is 23.8. The minimum Gasteiger partial charge on any atom is -0.497 e. The second-order valence-electron chi connectivity index (χ2n) is 12.6. The van der Waals surface area contributed by atoms with Gasteiger partial charge >= 0.3 is 6.03 Å². The van der Waals surface area contributed by atoms with E-state index >= 15 is 0 Å². The minimum absolute atomic E-state index is 0.106. The number of anilines is 2. The van der Waals surface area contributed by atoms with E-state index in [0.29, 0.717) is 24.5 Å². The summed E-state index contributed by atoms with van der Waals surface area (Å²) >= 11 is 0. The number of urea groups is 1. The van der Waals surface area contributed by atoms with Crippen molar-refractivity contribution in [2.24, 2.45) is 5.92 Å². The van der Waals surface area contributed by atoms with E-state index in [0.717, 1.165) is 37.1 Å². The Bertz CT molecular complexity index is 1690. The second-order valence-corrected chi connectivity index (χ2v) is 14.3. The largest absolute Gasteiger partial charge is 0.497 e. The number of sulfonamides is 1. The summed E-state index contributed by atoms with van der Waals surface area (Å²) in [5, 5.41) is 13.1. The molecule has 12 nitrogen and oxygen atoms in total. The van der Waals surface area contributed by atoms with Gasteiger partial charge in [0.1, 0.15) is 17.3 Å². The number of nitrogens with one attached hydrogen (secondary N) is 2. The van der Waals surface area contributed by atoms with E-state index in [4.69, 9.17) is 14.2 Å². The molecule has 0 radical (unpaired) electrons. The van der Waals surface area contributed by atoms with Crippen LogP contribution < -0.4 is 19.5 Å². The molecule has 0 aliphatic carbocycles. The maximum atomic E-state index is 14.4. The van der Waals surface area contributed by atoms with E-state index in [1.165, 1.54) is 21.9 Å². The fraction of sp³-hybridized carbons (Fsp3) is 0.444. The van der Waals surface area contributed by atoms with Crippen LogP contribution in [0.2, 0.25) is 0 Å². The molecule has 0 aromatic heterocycles. The predicted octanol–water partition coefficient (Wildman–Crippen LogP) is 5.59. The monoisotopic (exact) mass is 714 g/mol. The van der Waals surface area contributed by atoms with Gasteiger partial charge in [-0.25, -0.2) is 17.6 Å². The molecule has 272 valence electrons. The van der Waals surface area contributed by atoms with Crippen LogP contribution in [0.15, 0.2) is 71.6 Å². The van der Waals surface area contributed by atoms with Gasteiger partial charge in [-0.1, -0.05) is 6.92 Å². The molecule has 0 unspecified atom stereocenters. The number of benzene rings is 3. The smallest absolute Gasteiger partial charge is 0.321 e. The van der Waals surface area contributed by atoms with Crippen molar-refractivity contribution < 1.29 is 41.7 Å². The normalized spacial score (nSPS) is 19.7. The Morgan fingerprint density at radius 1 is 1.08 bits per heavy atom. The quantitative estimate of drug-likeness (QED) is 0.260. The van der Waals surface area contributed by atoms with E-state index in [9.17, 15) is 27.5 Å². The number of likely N-dealkylation sites (N-methyl/N-ethyl adjacent to an activating group) is 1. The third-order valence-corrected chi connectivity index (χ3v) is 9.97. The molecule has 0 fully saturated rings. The molecular formula is C36H47FN4O8S. The Kier molecular flexibility index (Phi) is 13.4. The van der Waals surface area contributed by atoms with Crippen molar-refractivity contribution >= 4 is 33.3 Å². The summed E-state index contributed by atoms with van der Waals surface area (Å²) in [6.45, 7) is 6.00. The number of hydrogen-bond donors (Lipinski definition) is 3. The first-order valence-corrected chi connectivity index (χ1v) is 18.1.